The van der Waals surface area contributed by atoms with Gasteiger partial charge < -0.3 is 15.3 Å². The number of carboxylic acid groups (broad SMARTS) is 1. The topological polar surface area (TPSA) is 86.7 Å². The minimum atomic E-state index is -1.19. The molecule has 0 saturated carbocycles. The third-order valence-electron chi connectivity index (χ3n) is 4.28. The second-order valence-electron chi connectivity index (χ2n) is 5.84. The maximum absolute atomic E-state index is 12.5. The van der Waals surface area contributed by atoms with Crippen molar-refractivity contribution in [2.45, 2.75) is 24.8 Å². The average molecular weight is 334 g/mol. The summed E-state index contributed by atoms with van der Waals surface area (Å²) in [6, 6.07) is 6.79. The molecule has 0 aliphatic carbocycles. The molecule has 6 nitrogen and oxygen atoms in total. The normalized spacial score (nSPS) is 24.0. The molecule has 1 atom stereocenters. The Morgan fingerprint density at radius 2 is 2.17 bits per heavy atom. The maximum atomic E-state index is 12.5. The van der Waals surface area contributed by atoms with Crippen molar-refractivity contribution in [2.24, 2.45) is 0 Å². The number of carbonyl (C=O) groups excluding carboxylic acids is 2. The van der Waals surface area contributed by atoms with Crippen LogP contribution in [0.5, 0.6) is 0 Å². The number of nitrogens with zero attached hydrogens (tertiary/aromatic N) is 1. The number of rotatable bonds is 4. The molecule has 23 heavy (non-hydrogen) atoms. The second kappa shape index (κ2) is 6.23. The lowest BCUT2D eigenvalue weighted by Crippen LogP contribution is -2.54. The van der Waals surface area contributed by atoms with Gasteiger partial charge in [0.25, 0.3) is 5.91 Å². The molecule has 0 spiro atoms. The number of hydrogen-bond donors (Lipinski definition) is 2. The Morgan fingerprint density at radius 3 is 2.78 bits per heavy atom. The van der Waals surface area contributed by atoms with Gasteiger partial charge in [0.2, 0.25) is 5.91 Å². The summed E-state index contributed by atoms with van der Waals surface area (Å²) >= 11 is 1.52. The number of carboxylic acids is 1. The minimum Gasteiger partial charge on any atom is -0.479 e. The Hall–Kier alpha value is -2.02. The zero-order valence-electron chi connectivity index (χ0n) is 12.6. The van der Waals surface area contributed by atoms with E-state index < -0.39 is 17.4 Å². The molecule has 1 aromatic carbocycles. The molecule has 2 fully saturated rings. The number of benzene rings is 1. The van der Waals surface area contributed by atoms with Crippen molar-refractivity contribution >= 4 is 35.2 Å². The van der Waals surface area contributed by atoms with Gasteiger partial charge in [-0.1, -0.05) is 6.07 Å². The number of amides is 2. The van der Waals surface area contributed by atoms with Crippen LogP contribution >= 0.6 is 11.8 Å². The summed E-state index contributed by atoms with van der Waals surface area (Å²) in [5, 5.41) is 12.1. The van der Waals surface area contributed by atoms with Crippen molar-refractivity contribution in [1.29, 1.82) is 0 Å². The number of hydrogen-bond acceptors (Lipinski definition) is 4. The Morgan fingerprint density at radius 1 is 1.35 bits per heavy atom. The van der Waals surface area contributed by atoms with Gasteiger partial charge in [0.1, 0.15) is 5.54 Å². The van der Waals surface area contributed by atoms with Gasteiger partial charge >= 0.3 is 5.97 Å². The first-order valence-corrected chi connectivity index (χ1v) is 8.71. The van der Waals surface area contributed by atoms with E-state index in [1.807, 2.05) is 0 Å². The van der Waals surface area contributed by atoms with Gasteiger partial charge in [-0.3, -0.25) is 9.59 Å². The van der Waals surface area contributed by atoms with Crippen LogP contribution in [0, 0.1) is 0 Å². The molecule has 2 aliphatic heterocycles. The SMILES string of the molecule is O=C(NC1(C(=O)O)CCSC1)c1cccc(N2CCCC2=O)c1. The van der Waals surface area contributed by atoms with E-state index in [4.69, 9.17) is 0 Å². The second-order valence-corrected chi connectivity index (χ2v) is 6.95. The van der Waals surface area contributed by atoms with Crippen LogP contribution in [0.25, 0.3) is 0 Å². The predicted molar refractivity (Wildman–Crippen MR) is 87.8 cm³/mol. The van der Waals surface area contributed by atoms with E-state index in [9.17, 15) is 19.5 Å². The average Bonchev–Trinajstić information content (AvgIpc) is 3.17. The van der Waals surface area contributed by atoms with Crippen molar-refractivity contribution < 1.29 is 19.5 Å². The van der Waals surface area contributed by atoms with Gasteiger partial charge in [-0.05, 0) is 36.8 Å². The van der Waals surface area contributed by atoms with Gasteiger partial charge in [0, 0.05) is 30.0 Å². The first kappa shape index (κ1) is 15.9. The van der Waals surface area contributed by atoms with Crippen molar-refractivity contribution in [3.63, 3.8) is 0 Å². The number of aliphatic carboxylic acids is 1. The fourth-order valence-electron chi connectivity index (χ4n) is 2.91. The van der Waals surface area contributed by atoms with Crippen LogP contribution < -0.4 is 10.2 Å². The van der Waals surface area contributed by atoms with Gasteiger partial charge in [-0.2, -0.15) is 11.8 Å². The van der Waals surface area contributed by atoms with Gasteiger partial charge in [-0.25, -0.2) is 4.79 Å². The molecule has 0 radical (unpaired) electrons. The molecule has 0 bridgehead atoms. The lowest BCUT2D eigenvalue weighted by molar-refractivity contribution is -0.143. The number of carbonyl (C=O) groups is 3. The molecular formula is C16H18N2O4S. The number of anilines is 1. The summed E-state index contributed by atoms with van der Waals surface area (Å²) in [6.45, 7) is 0.652. The quantitative estimate of drug-likeness (QED) is 0.871. The zero-order chi connectivity index (χ0) is 16.4. The van der Waals surface area contributed by atoms with Crippen LogP contribution in [0.4, 0.5) is 5.69 Å². The fourth-order valence-corrected chi connectivity index (χ4v) is 4.24. The molecule has 1 unspecified atom stereocenters. The summed E-state index contributed by atoms with van der Waals surface area (Å²) < 4.78 is 0. The summed E-state index contributed by atoms with van der Waals surface area (Å²) in [5.74, 6) is -0.269. The Labute approximate surface area is 138 Å². The van der Waals surface area contributed by atoms with E-state index in [0.717, 1.165) is 12.2 Å². The molecule has 2 aliphatic rings. The summed E-state index contributed by atoms with van der Waals surface area (Å²) in [6.07, 6.45) is 1.76. The van der Waals surface area contributed by atoms with Crippen LogP contribution in [-0.4, -0.2) is 46.5 Å². The largest absolute Gasteiger partial charge is 0.479 e. The molecule has 1 aromatic rings. The van der Waals surface area contributed by atoms with Crippen LogP contribution in [0.3, 0.4) is 0 Å². The third-order valence-corrected chi connectivity index (χ3v) is 5.47. The van der Waals surface area contributed by atoms with Gasteiger partial charge in [-0.15, -0.1) is 0 Å². The Bertz CT molecular complexity index is 655. The van der Waals surface area contributed by atoms with Crippen molar-refractivity contribution in [2.75, 3.05) is 23.0 Å². The standard InChI is InChI=1S/C16H18N2O4S/c19-13-5-2-7-18(13)12-4-1-3-11(9-12)14(20)17-16(15(21)22)6-8-23-10-16/h1,3-4,9H,2,5-8,10H2,(H,17,20)(H,21,22). The van der Waals surface area contributed by atoms with Crippen LogP contribution in [-0.2, 0) is 9.59 Å². The van der Waals surface area contributed by atoms with E-state index in [0.29, 0.717) is 36.4 Å². The first-order valence-electron chi connectivity index (χ1n) is 7.56. The summed E-state index contributed by atoms with van der Waals surface area (Å²) in [4.78, 5) is 37.5. The molecule has 7 heteroatoms. The van der Waals surface area contributed by atoms with E-state index in [1.54, 1.807) is 29.2 Å². The number of thioether (sulfide) groups is 1. The Kier molecular flexibility index (Phi) is 4.30. The van der Waals surface area contributed by atoms with Gasteiger partial charge in [0.05, 0.1) is 0 Å². The minimum absolute atomic E-state index is 0.0526. The molecular weight excluding hydrogens is 316 g/mol. The Balaban J connectivity index is 1.80. The zero-order valence-corrected chi connectivity index (χ0v) is 13.4. The van der Waals surface area contributed by atoms with Gasteiger partial charge in [0.15, 0.2) is 0 Å². The van der Waals surface area contributed by atoms with E-state index >= 15 is 0 Å². The van der Waals surface area contributed by atoms with Crippen molar-refractivity contribution in [1.82, 2.24) is 5.32 Å². The molecule has 2 saturated heterocycles. The van der Waals surface area contributed by atoms with E-state index in [2.05, 4.69) is 5.32 Å². The molecule has 3 rings (SSSR count). The lowest BCUT2D eigenvalue weighted by atomic mass is 9.98. The predicted octanol–water partition coefficient (Wildman–Crippen LogP) is 1.50. The summed E-state index contributed by atoms with van der Waals surface area (Å²) in [5.41, 5.74) is -0.133. The molecule has 2 heterocycles. The van der Waals surface area contributed by atoms with Crippen molar-refractivity contribution in [3.05, 3.63) is 29.8 Å². The number of nitrogens with one attached hydrogen (secondary N) is 1. The van der Waals surface area contributed by atoms with Crippen LogP contribution in [0.2, 0.25) is 0 Å². The molecule has 2 N–H and O–H groups in total. The highest BCUT2D eigenvalue weighted by atomic mass is 32.2. The molecule has 2 amide bonds. The highest BCUT2D eigenvalue weighted by Gasteiger charge is 2.43. The van der Waals surface area contributed by atoms with Crippen LogP contribution in [0.15, 0.2) is 24.3 Å². The van der Waals surface area contributed by atoms with Crippen LogP contribution in [0.1, 0.15) is 29.6 Å². The summed E-state index contributed by atoms with van der Waals surface area (Å²) in [7, 11) is 0. The first-order chi connectivity index (χ1) is 11.0. The lowest BCUT2D eigenvalue weighted by Gasteiger charge is -2.25. The fraction of sp³-hybridized carbons (Fsp3) is 0.438. The third kappa shape index (κ3) is 3.06. The highest BCUT2D eigenvalue weighted by Crippen LogP contribution is 2.29. The molecule has 122 valence electrons. The monoisotopic (exact) mass is 334 g/mol. The maximum Gasteiger partial charge on any atom is 0.330 e. The molecule has 0 aromatic heterocycles. The van der Waals surface area contributed by atoms with E-state index in [-0.39, 0.29) is 5.91 Å². The van der Waals surface area contributed by atoms with Crippen molar-refractivity contribution in [3.8, 4) is 0 Å². The highest BCUT2D eigenvalue weighted by molar-refractivity contribution is 7.99. The van der Waals surface area contributed by atoms with E-state index in [1.165, 1.54) is 11.8 Å². The smallest absolute Gasteiger partial charge is 0.330 e.